The second kappa shape index (κ2) is 8.22. The molecule has 0 bridgehead atoms. The zero-order valence-electron chi connectivity index (χ0n) is 15.6. The summed E-state index contributed by atoms with van der Waals surface area (Å²) in [6.07, 6.45) is 4.95. The summed E-state index contributed by atoms with van der Waals surface area (Å²) >= 11 is 0. The smallest absolute Gasteiger partial charge is 1.00 e. The summed E-state index contributed by atoms with van der Waals surface area (Å²) in [5.74, 6) is 2.93. The molecule has 0 heterocycles. The molecule has 0 amide bonds. The summed E-state index contributed by atoms with van der Waals surface area (Å²) in [4.78, 5) is 17.7. The van der Waals surface area contributed by atoms with Gasteiger partial charge in [0.1, 0.15) is 5.75 Å². The normalized spacial score (nSPS) is 20.2. The largest absolute Gasteiger partial charge is 1.00 e. The Labute approximate surface area is 167 Å². The third-order valence-corrected chi connectivity index (χ3v) is 5.58. The minimum atomic E-state index is -4.52. The van der Waals surface area contributed by atoms with Crippen LogP contribution in [-0.2, 0) is 9.09 Å². The van der Waals surface area contributed by atoms with E-state index in [-0.39, 0.29) is 31.0 Å². The van der Waals surface area contributed by atoms with Crippen LogP contribution in [0, 0.1) is 11.8 Å². The minimum absolute atomic E-state index is 0. The Balaban J connectivity index is 0.00000156. The van der Waals surface area contributed by atoms with Crippen molar-refractivity contribution in [3.8, 4) is 5.75 Å². The predicted octanol–water partition coefficient (Wildman–Crippen LogP) is 1.28. The van der Waals surface area contributed by atoms with E-state index in [4.69, 9.17) is 14.5 Å². The van der Waals surface area contributed by atoms with Crippen molar-refractivity contribution in [3.05, 3.63) is 29.3 Å². The molecule has 1 aromatic carbocycles. The monoisotopic (exact) mass is 364 g/mol. The molecule has 2 aliphatic carbocycles. The summed E-state index contributed by atoms with van der Waals surface area (Å²) in [5, 5.41) is 0. The van der Waals surface area contributed by atoms with Crippen molar-refractivity contribution < 1.29 is 54.6 Å². The first-order chi connectivity index (χ1) is 10.9. The van der Waals surface area contributed by atoms with Gasteiger partial charge in [0.2, 0.25) is 0 Å². The van der Waals surface area contributed by atoms with Crippen molar-refractivity contribution in [1.82, 2.24) is 0 Å². The van der Waals surface area contributed by atoms with Gasteiger partial charge in [-0.05, 0) is 60.5 Å². The maximum absolute atomic E-state index is 10.9. The molecule has 1 aromatic rings. The molecule has 2 atom stereocenters. The molecule has 2 saturated carbocycles. The van der Waals surface area contributed by atoms with Crippen LogP contribution in [0.1, 0.15) is 63.9 Å². The Hall–Kier alpha value is 0.130. The predicted molar refractivity (Wildman–Crippen MR) is 88.5 cm³/mol. The SMILES string of the molecule is C[C@H](c1cccc([C@@H](C)C2CC2)c1OCOP(=O)(O)O)C1CC1.[H-].[Na+]. The number of phosphoric ester groups is 1. The van der Waals surface area contributed by atoms with Gasteiger partial charge in [0.25, 0.3) is 0 Å². The molecule has 0 aromatic heterocycles. The third-order valence-electron chi connectivity index (χ3n) is 5.14. The molecule has 0 spiro atoms. The van der Waals surface area contributed by atoms with Crippen LogP contribution in [0.4, 0.5) is 0 Å². The van der Waals surface area contributed by atoms with Gasteiger partial charge >= 0.3 is 37.4 Å². The fraction of sp³-hybridized carbons (Fsp3) is 0.647. The number of rotatable bonds is 8. The molecular weight excluding hydrogens is 338 g/mol. The number of hydrogen-bond donors (Lipinski definition) is 2. The van der Waals surface area contributed by atoms with Gasteiger partial charge in [-0.2, -0.15) is 0 Å². The van der Waals surface area contributed by atoms with Crippen LogP contribution in [0.5, 0.6) is 5.75 Å². The first-order valence-corrected chi connectivity index (χ1v) is 9.85. The van der Waals surface area contributed by atoms with Crippen LogP contribution in [0.3, 0.4) is 0 Å². The quantitative estimate of drug-likeness (QED) is 0.413. The van der Waals surface area contributed by atoms with Crippen LogP contribution in [0.15, 0.2) is 18.2 Å². The van der Waals surface area contributed by atoms with Gasteiger partial charge in [-0.25, -0.2) is 9.09 Å². The van der Waals surface area contributed by atoms with Crippen molar-refractivity contribution >= 4 is 7.82 Å². The van der Waals surface area contributed by atoms with Crippen molar-refractivity contribution in [2.45, 2.75) is 51.4 Å². The molecule has 7 heteroatoms. The van der Waals surface area contributed by atoms with Gasteiger partial charge in [0.15, 0.2) is 6.79 Å². The van der Waals surface area contributed by atoms with Gasteiger partial charge in [-0.1, -0.05) is 32.0 Å². The fourth-order valence-corrected chi connectivity index (χ4v) is 3.50. The number of ether oxygens (including phenoxy) is 1. The van der Waals surface area contributed by atoms with Crippen LogP contribution in [-0.4, -0.2) is 16.6 Å². The van der Waals surface area contributed by atoms with E-state index in [1.165, 1.54) is 25.7 Å². The van der Waals surface area contributed by atoms with E-state index >= 15 is 0 Å². The van der Waals surface area contributed by atoms with E-state index < -0.39 is 14.6 Å². The molecule has 2 fully saturated rings. The molecule has 130 valence electrons. The Morgan fingerprint density at radius 3 is 1.96 bits per heavy atom. The van der Waals surface area contributed by atoms with Crippen LogP contribution >= 0.6 is 7.82 Å². The fourth-order valence-electron chi connectivity index (χ4n) is 3.31. The Bertz CT molecular complexity index is 579. The first kappa shape index (κ1) is 20.4. The molecule has 0 radical (unpaired) electrons. The van der Waals surface area contributed by atoms with E-state index in [2.05, 4.69) is 36.6 Å². The summed E-state index contributed by atoms with van der Waals surface area (Å²) in [7, 11) is -4.52. The van der Waals surface area contributed by atoms with Gasteiger partial charge in [0.05, 0.1) is 0 Å². The number of hydrogen-bond acceptors (Lipinski definition) is 3. The molecule has 24 heavy (non-hydrogen) atoms. The second-order valence-corrected chi connectivity index (χ2v) is 8.14. The van der Waals surface area contributed by atoms with Crippen LogP contribution < -0.4 is 34.3 Å². The van der Waals surface area contributed by atoms with Gasteiger partial charge in [-0.3, -0.25) is 0 Å². The molecular formula is C17H26NaO5P. The molecule has 0 aliphatic heterocycles. The zero-order valence-corrected chi connectivity index (χ0v) is 17.5. The Morgan fingerprint density at radius 2 is 1.58 bits per heavy atom. The molecule has 2 N–H and O–H groups in total. The van der Waals surface area contributed by atoms with Crippen molar-refractivity contribution in [3.63, 3.8) is 0 Å². The average Bonchev–Trinajstić information content (AvgIpc) is 3.38. The van der Waals surface area contributed by atoms with Crippen LogP contribution in [0.25, 0.3) is 0 Å². The number of phosphoric acid groups is 1. The van der Waals surface area contributed by atoms with E-state index in [0.717, 1.165) is 16.9 Å². The maximum atomic E-state index is 10.9. The number of para-hydroxylation sites is 1. The van der Waals surface area contributed by atoms with Crippen molar-refractivity contribution in [2.24, 2.45) is 11.8 Å². The summed E-state index contributed by atoms with van der Waals surface area (Å²) in [6, 6.07) is 6.21. The van der Waals surface area contributed by atoms with Gasteiger partial charge in [-0.15, -0.1) is 0 Å². The molecule has 0 saturated heterocycles. The van der Waals surface area contributed by atoms with Crippen LogP contribution in [0.2, 0.25) is 0 Å². The minimum Gasteiger partial charge on any atom is -1.00 e. The summed E-state index contributed by atoms with van der Waals surface area (Å²) in [6.45, 7) is 3.98. The van der Waals surface area contributed by atoms with E-state index in [9.17, 15) is 4.57 Å². The van der Waals surface area contributed by atoms with Crippen molar-refractivity contribution in [1.29, 1.82) is 0 Å². The maximum Gasteiger partial charge on any atom is 1.00 e. The van der Waals surface area contributed by atoms with Gasteiger partial charge < -0.3 is 16.0 Å². The molecule has 0 unspecified atom stereocenters. The van der Waals surface area contributed by atoms with Gasteiger partial charge in [0, 0.05) is 0 Å². The van der Waals surface area contributed by atoms with E-state index in [1.807, 2.05) is 0 Å². The summed E-state index contributed by atoms with van der Waals surface area (Å²) < 4.78 is 21.1. The topological polar surface area (TPSA) is 76.0 Å². The van der Waals surface area contributed by atoms with E-state index in [1.54, 1.807) is 0 Å². The second-order valence-electron chi connectivity index (χ2n) is 6.90. The molecule has 5 nitrogen and oxygen atoms in total. The van der Waals surface area contributed by atoms with Crippen molar-refractivity contribution in [2.75, 3.05) is 6.79 Å². The molecule has 3 rings (SSSR count). The Kier molecular flexibility index (Phi) is 7.00. The standard InChI is InChI=1S/C17H25O5P.Na.H/c1-11(13-6-7-13)15-4-3-5-16(12(2)14-8-9-14)17(15)21-10-22-23(18,19)20;;/h3-5,11-14H,6-10H2,1-2H3,(H2,18,19,20);;/q;+1;-1/t11-,12-;;/m0../s1. The third kappa shape index (κ3) is 5.31. The average molecular weight is 364 g/mol. The zero-order chi connectivity index (χ0) is 16.6. The van der Waals surface area contributed by atoms with E-state index in [0.29, 0.717) is 23.7 Å². The molecule has 2 aliphatic rings. The first-order valence-electron chi connectivity index (χ1n) is 8.32. The number of benzene rings is 1. The summed E-state index contributed by atoms with van der Waals surface area (Å²) in [5.41, 5.74) is 2.26. The Morgan fingerprint density at radius 1 is 1.12 bits per heavy atom.